The fraction of sp³-hybridized carbons (Fsp3) is 0.667. The van der Waals surface area contributed by atoms with E-state index in [1.54, 1.807) is 20.8 Å². The molecule has 2 aliphatic rings. The van der Waals surface area contributed by atoms with Gasteiger partial charge in [-0.3, -0.25) is 19.2 Å². The van der Waals surface area contributed by atoms with Crippen LogP contribution in [0.25, 0.3) is 0 Å². The Morgan fingerprint density at radius 2 is 1.25 bits per heavy atom. The number of rotatable bonds is 11. The highest BCUT2D eigenvalue weighted by Gasteiger charge is 2.80. The summed E-state index contributed by atoms with van der Waals surface area (Å²) in [5.41, 5.74) is -1.35. The van der Waals surface area contributed by atoms with Crippen LogP contribution < -0.4 is 0 Å². The molecule has 5 atom stereocenters. The fourth-order valence-corrected chi connectivity index (χ4v) is 7.22. The van der Waals surface area contributed by atoms with E-state index in [2.05, 4.69) is 12.2 Å². The molecule has 0 amide bonds. The number of Topliss-reactive ketones (excluding diaryl/α,β-unsaturated/α-hetero) is 4. The van der Waals surface area contributed by atoms with E-state index < -0.39 is 39.1 Å². The number of hydrogen-bond acceptors (Lipinski definition) is 4. The van der Waals surface area contributed by atoms with Crippen molar-refractivity contribution in [2.45, 2.75) is 122 Å². The first-order valence-corrected chi connectivity index (χ1v) is 15.1. The predicted molar refractivity (Wildman–Crippen MR) is 165 cm³/mol. The average Bonchev–Trinajstić information content (AvgIpc) is 2.84. The van der Waals surface area contributed by atoms with Crippen molar-refractivity contribution in [2.24, 2.45) is 33.5 Å². The standard InChI is InChI=1S/C36H54O4/c1-23(2)14-13-19-34(12)28(16-15-24(3)4)22-35(21-18-26(7)8)30(38)33(11,20-17-25(5)6)31(39)36(34,32(35)40)29(37)27(9)10/h14-15,17-18,27-28H,13,16,19-22H2,1-12H3/t28-,33-,34+,35+,36-/m0/s1. The third-order valence-electron chi connectivity index (χ3n) is 9.60. The van der Waals surface area contributed by atoms with Gasteiger partial charge < -0.3 is 0 Å². The minimum atomic E-state index is -1.87. The van der Waals surface area contributed by atoms with Gasteiger partial charge in [0.2, 0.25) is 0 Å². The molecule has 0 aromatic carbocycles. The Kier molecular flexibility index (Phi) is 10.4. The molecule has 2 aliphatic carbocycles. The molecular weight excluding hydrogens is 496 g/mol. The van der Waals surface area contributed by atoms with Crippen LogP contribution in [0.4, 0.5) is 0 Å². The molecule has 2 fully saturated rings. The second-order valence-corrected chi connectivity index (χ2v) is 14.3. The van der Waals surface area contributed by atoms with E-state index in [0.29, 0.717) is 25.7 Å². The number of allylic oxidation sites excluding steroid dienone is 8. The zero-order valence-corrected chi connectivity index (χ0v) is 27.3. The summed E-state index contributed by atoms with van der Waals surface area (Å²) in [5, 5.41) is 0. The molecule has 4 nitrogen and oxygen atoms in total. The summed E-state index contributed by atoms with van der Waals surface area (Å²) in [7, 11) is 0. The van der Waals surface area contributed by atoms with Crippen molar-refractivity contribution >= 4 is 23.1 Å². The number of fused-ring (bicyclic) bond motifs is 2. The monoisotopic (exact) mass is 550 g/mol. The minimum Gasteiger partial charge on any atom is -0.298 e. The Morgan fingerprint density at radius 1 is 0.750 bits per heavy atom. The van der Waals surface area contributed by atoms with Gasteiger partial charge in [-0.15, -0.1) is 0 Å². The number of carbonyl (C=O) groups excluding carboxylic acids is 4. The lowest BCUT2D eigenvalue weighted by Crippen LogP contribution is -2.77. The summed E-state index contributed by atoms with van der Waals surface area (Å²) >= 11 is 0. The van der Waals surface area contributed by atoms with Crippen molar-refractivity contribution in [3.63, 3.8) is 0 Å². The average molecular weight is 551 g/mol. The van der Waals surface area contributed by atoms with Crippen LogP contribution in [0.15, 0.2) is 46.6 Å². The van der Waals surface area contributed by atoms with Gasteiger partial charge in [0.15, 0.2) is 28.5 Å². The van der Waals surface area contributed by atoms with Crippen LogP contribution in [-0.4, -0.2) is 23.1 Å². The first kappa shape index (κ1) is 33.8. The van der Waals surface area contributed by atoms with Crippen LogP contribution in [-0.2, 0) is 19.2 Å². The van der Waals surface area contributed by atoms with E-state index in [1.165, 1.54) is 0 Å². The first-order valence-electron chi connectivity index (χ1n) is 15.1. The molecule has 0 unspecified atom stereocenters. The van der Waals surface area contributed by atoms with E-state index in [-0.39, 0.29) is 30.3 Å². The zero-order valence-electron chi connectivity index (χ0n) is 27.3. The summed E-state index contributed by atoms with van der Waals surface area (Å²) in [6, 6.07) is 0. The van der Waals surface area contributed by atoms with Gasteiger partial charge in [-0.2, -0.15) is 0 Å². The number of ketones is 4. The predicted octanol–water partition coefficient (Wildman–Crippen LogP) is 8.75. The highest BCUT2D eigenvalue weighted by atomic mass is 16.2. The third-order valence-corrected chi connectivity index (χ3v) is 9.60. The molecule has 0 aromatic rings. The molecule has 0 saturated heterocycles. The zero-order chi connectivity index (χ0) is 30.8. The second kappa shape index (κ2) is 12.2. The molecule has 40 heavy (non-hydrogen) atoms. The highest BCUT2D eigenvalue weighted by molar-refractivity contribution is 6.40. The maximum absolute atomic E-state index is 15.1. The van der Waals surface area contributed by atoms with Gasteiger partial charge in [0.25, 0.3) is 0 Å². The van der Waals surface area contributed by atoms with Crippen molar-refractivity contribution in [3.05, 3.63) is 46.6 Å². The van der Waals surface area contributed by atoms with Gasteiger partial charge in [0, 0.05) is 5.92 Å². The van der Waals surface area contributed by atoms with Gasteiger partial charge in [-0.05, 0) is 112 Å². The Bertz CT molecular complexity index is 1150. The summed E-state index contributed by atoms with van der Waals surface area (Å²) in [6.45, 7) is 23.2. The van der Waals surface area contributed by atoms with Crippen LogP contribution >= 0.6 is 0 Å². The van der Waals surface area contributed by atoms with Crippen molar-refractivity contribution in [1.29, 1.82) is 0 Å². The van der Waals surface area contributed by atoms with Crippen LogP contribution in [0.1, 0.15) is 122 Å². The lowest BCUT2D eigenvalue weighted by atomic mass is 9.34. The van der Waals surface area contributed by atoms with Crippen LogP contribution in [0.5, 0.6) is 0 Å². The third kappa shape index (κ3) is 5.57. The molecule has 2 bridgehead atoms. The molecule has 0 radical (unpaired) electrons. The van der Waals surface area contributed by atoms with Gasteiger partial charge in [0.1, 0.15) is 0 Å². The Hall–Kier alpha value is -2.36. The van der Waals surface area contributed by atoms with Crippen molar-refractivity contribution < 1.29 is 19.2 Å². The highest BCUT2D eigenvalue weighted by Crippen LogP contribution is 2.68. The van der Waals surface area contributed by atoms with E-state index in [1.807, 2.05) is 74.5 Å². The summed E-state index contributed by atoms with van der Waals surface area (Å²) in [5.74, 6) is -2.23. The molecule has 2 rings (SSSR count). The van der Waals surface area contributed by atoms with E-state index in [9.17, 15) is 9.59 Å². The normalized spacial score (nSPS) is 31.5. The van der Waals surface area contributed by atoms with Gasteiger partial charge in [-0.25, -0.2) is 0 Å². The molecule has 2 saturated carbocycles. The maximum Gasteiger partial charge on any atom is 0.168 e. The first-order chi connectivity index (χ1) is 18.3. The van der Waals surface area contributed by atoms with E-state index in [0.717, 1.165) is 22.3 Å². The molecule has 0 spiro atoms. The molecular formula is C36H54O4. The largest absolute Gasteiger partial charge is 0.298 e. The lowest BCUT2D eigenvalue weighted by Gasteiger charge is -2.64. The van der Waals surface area contributed by atoms with Gasteiger partial charge in [0.05, 0.1) is 10.8 Å². The molecule has 0 heterocycles. The molecule has 222 valence electrons. The van der Waals surface area contributed by atoms with Gasteiger partial charge in [-0.1, -0.05) is 67.4 Å². The quantitative estimate of drug-likeness (QED) is 0.190. The Morgan fingerprint density at radius 3 is 1.73 bits per heavy atom. The number of carbonyl (C=O) groups is 4. The second-order valence-electron chi connectivity index (χ2n) is 14.3. The van der Waals surface area contributed by atoms with Crippen LogP contribution in [0.2, 0.25) is 0 Å². The van der Waals surface area contributed by atoms with Crippen molar-refractivity contribution in [3.8, 4) is 0 Å². The van der Waals surface area contributed by atoms with Crippen LogP contribution in [0.3, 0.4) is 0 Å². The SMILES string of the molecule is CC(C)=CCC[C@]1(C)[C@@H](CC=C(C)C)C[C@]2(CC=C(C)C)C(=O)[C@](C)(CC=C(C)C)C(=O)[C@@]1(C(=O)C(C)C)C2=O. The van der Waals surface area contributed by atoms with Crippen molar-refractivity contribution in [2.75, 3.05) is 0 Å². The smallest absolute Gasteiger partial charge is 0.168 e. The van der Waals surface area contributed by atoms with Crippen molar-refractivity contribution in [1.82, 2.24) is 0 Å². The van der Waals surface area contributed by atoms with E-state index in [4.69, 9.17) is 0 Å². The van der Waals surface area contributed by atoms with Crippen LogP contribution in [0, 0.1) is 33.5 Å². The lowest BCUT2D eigenvalue weighted by molar-refractivity contribution is -0.195. The van der Waals surface area contributed by atoms with Gasteiger partial charge >= 0.3 is 0 Å². The summed E-state index contributed by atoms with van der Waals surface area (Å²) < 4.78 is 0. The number of hydrogen-bond donors (Lipinski definition) is 0. The minimum absolute atomic E-state index is 0.181. The Labute approximate surface area is 243 Å². The molecule has 0 aliphatic heterocycles. The maximum atomic E-state index is 15.1. The molecule has 0 aromatic heterocycles. The summed E-state index contributed by atoms with van der Waals surface area (Å²) in [4.78, 5) is 59.6. The fourth-order valence-electron chi connectivity index (χ4n) is 7.22. The topological polar surface area (TPSA) is 68.3 Å². The van der Waals surface area contributed by atoms with E-state index >= 15 is 9.59 Å². The molecule has 4 heteroatoms. The molecule has 0 N–H and O–H groups in total. The Balaban J connectivity index is 3.12. The summed E-state index contributed by atoms with van der Waals surface area (Å²) in [6.07, 6.45) is 10.8.